The summed E-state index contributed by atoms with van der Waals surface area (Å²) in [4.78, 5) is 12.1. The van der Waals surface area contributed by atoms with Crippen molar-refractivity contribution < 1.29 is 9.90 Å². The Morgan fingerprint density at radius 1 is 1.22 bits per heavy atom. The molecule has 0 amide bonds. The second-order valence-corrected chi connectivity index (χ2v) is 5.04. The number of hydrogen-bond acceptors (Lipinski definition) is 3. The van der Waals surface area contributed by atoms with Crippen molar-refractivity contribution in [1.29, 1.82) is 0 Å². The fourth-order valence-corrected chi connectivity index (χ4v) is 2.37. The van der Waals surface area contributed by atoms with Crippen molar-refractivity contribution in [3.8, 4) is 0 Å². The molecule has 0 saturated heterocycles. The van der Waals surface area contributed by atoms with Crippen LogP contribution in [0.1, 0.15) is 20.8 Å². The normalized spacial score (nSPS) is 10.4. The SMILES string of the molecule is O=C(O)c1ccc(CNCCc2cccs2)cc1. The third-order valence-electron chi connectivity index (χ3n) is 2.66. The van der Waals surface area contributed by atoms with Gasteiger partial charge in [-0.1, -0.05) is 18.2 Å². The van der Waals surface area contributed by atoms with E-state index in [0.29, 0.717) is 5.56 Å². The van der Waals surface area contributed by atoms with Gasteiger partial charge in [-0.05, 0) is 35.6 Å². The maximum absolute atomic E-state index is 10.7. The molecule has 0 radical (unpaired) electrons. The summed E-state index contributed by atoms with van der Waals surface area (Å²) in [5.74, 6) is -0.882. The Hall–Kier alpha value is -1.65. The Morgan fingerprint density at radius 2 is 2.00 bits per heavy atom. The van der Waals surface area contributed by atoms with Crippen molar-refractivity contribution in [2.45, 2.75) is 13.0 Å². The fraction of sp³-hybridized carbons (Fsp3) is 0.214. The topological polar surface area (TPSA) is 49.3 Å². The summed E-state index contributed by atoms with van der Waals surface area (Å²) in [6, 6.07) is 11.2. The molecule has 1 aromatic carbocycles. The minimum Gasteiger partial charge on any atom is -0.478 e. The minimum atomic E-state index is -0.882. The second-order valence-electron chi connectivity index (χ2n) is 4.01. The molecule has 0 aliphatic heterocycles. The molecule has 0 fully saturated rings. The van der Waals surface area contributed by atoms with Crippen LogP contribution in [0, 0.1) is 0 Å². The van der Waals surface area contributed by atoms with Crippen LogP contribution in [0.4, 0.5) is 0 Å². The van der Waals surface area contributed by atoms with Crippen molar-refractivity contribution in [1.82, 2.24) is 5.32 Å². The van der Waals surface area contributed by atoms with Gasteiger partial charge in [0.2, 0.25) is 0 Å². The first-order valence-corrected chi connectivity index (χ1v) is 6.69. The van der Waals surface area contributed by atoms with Gasteiger partial charge in [0.05, 0.1) is 5.56 Å². The zero-order valence-corrected chi connectivity index (χ0v) is 10.7. The molecule has 3 nitrogen and oxygen atoms in total. The molecule has 0 saturated carbocycles. The molecule has 18 heavy (non-hydrogen) atoms. The van der Waals surface area contributed by atoms with E-state index in [9.17, 15) is 4.79 Å². The van der Waals surface area contributed by atoms with E-state index in [1.165, 1.54) is 4.88 Å². The van der Waals surface area contributed by atoms with Crippen LogP contribution in [0.2, 0.25) is 0 Å². The molecule has 1 aromatic heterocycles. The first kappa shape index (κ1) is 12.8. The summed E-state index contributed by atoms with van der Waals surface area (Å²) in [5.41, 5.74) is 1.43. The lowest BCUT2D eigenvalue weighted by molar-refractivity contribution is 0.0697. The van der Waals surface area contributed by atoms with Crippen LogP contribution in [-0.2, 0) is 13.0 Å². The quantitative estimate of drug-likeness (QED) is 0.786. The molecule has 2 rings (SSSR count). The molecule has 4 heteroatoms. The zero-order chi connectivity index (χ0) is 12.8. The lowest BCUT2D eigenvalue weighted by Gasteiger charge is -2.04. The van der Waals surface area contributed by atoms with Crippen molar-refractivity contribution in [3.05, 3.63) is 57.8 Å². The Balaban J connectivity index is 1.75. The van der Waals surface area contributed by atoms with Gasteiger partial charge in [0.25, 0.3) is 0 Å². The first-order valence-electron chi connectivity index (χ1n) is 5.81. The summed E-state index contributed by atoms with van der Waals surface area (Å²) in [5, 5.41) is 14.2. The number of thiophene rings is 1. The van der Waals surface area contributed by atoms with Gasteiger partial charge in [-0.15, -0.1) is 11.3 Å². The zero-order valence-electron chi connectivity index (χ0n) is 9.93. The van der Waals surface area contributed by atoms with E-state index in [1.54, 1.807) is 23.5 Å². The van der Waals surface area contributed by atoms with Crippen molar-refractivity contribution in [2.75, 3.05) is 6.54 Å². The molecule has 0 aliphatic rings. The van der Waals surface area contributed by atoms with E-state index < -0.39 is 5.97 Å². The molecule has 0 spiro atoms. The summed E-state index contributed by atoms with van der Waals surface area (Å²) in [6.45, 7) is 1.70. The van der Waals surface area contributed by atoms with Gasteiger partial charge < -0.3 is 10.4 Å². The maximum Gasteiger partial charge on any atom is 0.335 e. The van der Waals surface area contributed by atoms with Crippen LogP contribution in [0.3, 0.4) is 0 Å². The highest BCUT2D eigenvalue weighted by Gasteiger charge is 2.01. The molecule has 0 atom stereocenters. The monoisotopic (exact) mass is 261 g/mol. The maximum atomic E-state index is 10.7. The summed E-state index contributed by atoms with van der Waals surface area (Å²) in [6.07, 6.45) is 1.03. The van der Waals surface area contributed by atoms with E-state index in [0.717, 1.165) is 25.1 Å². The van der Waals surface area contributed by atoms with Crippen molar-refractivity contribution in [3.63, 3.8) is 0 Å². The van der Waals surface area contributed by atoms with Crippen LogP contribution >= 0.6 is 11.3 Å². The average Bonchev–Trinajstić information content (AvgIpc) is 2.88. The van der Waals surface area contributed by atoms with Crippen LogP contribution in [0.25, 0.3) is 0 Å². The van der Waals surface area contributed by atoms with Crippen molar-refractivity contribution >= 4 is 17.3 Å². The van der Waals surface area contributed by atoms with Gasteiger partial charge in [-0.25, -0.2) is 4.79 Å². The smallest absolute Gasteiger partial charge is 0.335 e. The predicted molar refractivity (Wildman–Crippen MR) is 73.1 cm³/mol. The van der Waals surface area contributed by atoms with Crippen LogP contribution in [-0.4, -0.2) is 17.6 Å². The first-order chi connectivity index (χ1) is 8.75. The van der Waals surface area contributed by atoms with Crippen LogP contribution < -0.4 is 5.32 Å². The standard InChI is InChI=1S/C14H15NO2S/c16-14(17)12-5-3-11(4-6-12)10-15-8-7-13-2-1-9-18-13/h1-6,9,15H,7-8,10H2,(H,16,17). The van der Waals surface area contributed by atoms with Gasteiger partial charge in [0, 0.05) is 18.0 Å². The van der Waals surface area contributed by atoms with Gasteiger partial charge in [0.1, 0.15) is 0 Å². The number of hydrogen-bond donors (Lipinski definition) is 2. The van der Waals surface area contributed by atoms with Crippen LogP contribution in [0.5, 0.6) is 0 Å². The Bertz CT molecular complexity index is 491. The molecule has 2 N–H and O–H groups in total. The minimum absolute atomic E-state index is 0.331. The average molecular weight is 261 g/mol. The Morgan fingerprint density at radius 3 is 2.61 bits per heavy atom. The van der Waals surface area contributed by atoms with E-state index in [2.05, 4.69) is 22.8 Å². The van der Waals surface area contributed by atoms with Gasteiger partial charge in [-0.2, -0.15) is 0 Å². The largest absolute Gasteiger partial charge is 0.478 e. The third-order valence-corrected chi connectivity index (χ3v) is 3.59. The lowest BCUT2D eigenvalue weighted by atomic mass is 10.1. The van der Waals surface area contributed by atoms with Gasteiger partial charge in [0.15, 0.2) is 0 Å². The fourth-order valence-electron chi connectivity index (χ4n) is 1.66. The summed E-state index contributed by atoms with van der Waals surface area (Å²) >= 11 is 1.77. The number of carbonyl (C=O) groups is 1. The van der Waals surface area contributed by atoms with Gasteiger partial charge in [-0.3, -0.25) is 0 Å². The molecule has 0 bridgehead atoms. The van der Waals surface area contributed by atoms with Gasteiger partial charge >= 0.3 is 5.97 Å². The van der Waals surface area contributed by atoms with E-state index in [1.807, 2.05) is 12.1 Å². The number of carboxylic acids is 1. The summed E-state index contributed by atoms with van der Waals surface area (Å²) < 4.78 is 0. The second kappa shape index (κ2) is 6.33. The summed E-state index contributed by atoms with van der Waals surface area (Å²) in [7, 11) is 0. The molecule has 94 valence electrons. The molecular weight excluding hydrogens is 246 g/mol. The number of nitrogens with one attached hydrogen (secondary N) is 1. The molecule has 0 aliphatic carbocycles. The number of aromatic carboxylic acids is 1. The molecule has 0 unspecified atom stereocenters. The predicted octanol–water partition coefficient (Wildman–Crippen LogP) is 2.78. The highest BCUT2D eigenvalue weighted by Crippen LogP contribution is 2.08. The molecule has 1 heterocycles. The molecular formula is C14H15NO2S. The van der Waals surface area contributed by atoms with E-state index in [-0.39, 0.29) is 0 Å². The lowest BCUT2D eigenvalue weighted by Crippen LogP contribution is -2.16. The van der Waals surface area contributed by atoms with Crippen molar-refractivity contribution in [2.24, 2.45) is 0 Å². The van der Waals surface area contributed by atoms with Crippen LogP contribution in [0.15, 0.2) is 41.8 Å². The number of carboxylic acid groups (broad SMARTS) is 1. The van der Waals surface area contributed by atoms with E-state index in [4.69, 9.17) is 5.11 Å². The number of rotatable bonds is 6. The Labute approximate surface area is 110 Å². The number of benzene rings is 1. The third kappa shape index (κ3) is 3.68. The Kier molecular flexibility index (Phi) is 4.50. The highest BCUT2D eigenvalue weighted by atomic mass is 32.1. The molecule has 2 aromatic rings. The van der Waals surface area contributed by atoms with E-state index >= 15 is 0 Å². The highest BCUT2D eigenvalue weighted by molar-refractivity contribution is 7.09.